The van der Waals surface area contributed by atoms with E-state index in [0.29, 0.717) is 16.7 Å². The molecule has 1 fully saturated rings. The molecular formula is C17H27NO. The molecule has 0 saturated heterocycles. The monoisotopic (exact) mass is 261 g/mol. The van der Waals surface area contributed by atoms with Gasteiger partial charge in [0, 0.05) is 6.04 Å². The molecule has 1 aromatic carbocycles. The summed E-state index contributed by atoms with van der Waals surface area (Å²) in [6.07, 6.45) is 0. The van der Waals surface area contributed by atoms with Gasteiger partial charge in [0.2, 0.25) is 0 Å². The van der Waals surface area contributed by atoms with E-state index in [9.17, 15) is 0 Å². The van der Waals surface area contributed by atoms with Crippen molar-refractivity contribution in [2.24, 2.45) is 22.5 Å². The molecule has 19 heavy (non-hydrogen) atoms. The third-order valence-electron chi connectivity index (χ3n) is 5.63. The minimum absolute atomic E-state index is 0.106. The average molecular weight is 261 g/mol. The molecule has 0 aliphatic heterocycles. The molecule has 2 heteroatoms. The number of benzene rings is 1. The van der Waals surface area contributed by atoms with Gasteiger partial charge in [0.15, 0.2) is 0 Å². The van der Waals surface area contributed by atoms with Crippen molar-refractivity contribution in [1.29, 1.82) is 0 Å². The number of ether oxygens (including phenoxy) is 1. The summed E-state index contributed by atoms with van der Waals surface area (Å²) < 4.78 is 5.38. The summed E-state index contributed by atoms with van der Waals surface area (Å²) in [7, 11) is 1.72. The van der Waals surface area contributed by atoms with Crippen LogP contribution in [-0.4, -0.2) is 7.11 Å². The van der Waals surface area contributed by atoms with Gasteiger partial charge in [-0.2, -0.15) is 0 Å². The van der Waals surface area contributed by atoms with Crippen LogP contribution >= 0.6 is 0 Å². The zero-order valence-electron chi connectivity index (χ0n) is 13.3. The van der Waals surface area contributed by atoms with Crippen molar-refractivity contribution in [1.82, 2.24) is 0 Å². The molecular weight excluding hydrogens is 234 g/mol. The van der Waals surface area contributed by atoms with E-state index < -0.39 is 0 Å². The van der Waals surface area contributed by atoms with Gasteiger partial charge in [-0.1, -0.05) is 33.8 Å². The minimum Gasteiger partial charge on any atom is -0.496 e. The van der Waals surface area contributed by atoms with Crippen molar-refractivity contribution in [3.05, 3.63) is 28.8 Å². The summed E-state index contributed by atoms with van der Waals surface area (Å²) in [5, 5.41) is 0. The highest BCUT2D eigenvalue weighted by Crippen LogP contribution is 2.71. The van der Waals surface area contributed by atoms with Crippen LogP contribution in [0.4, 0.5) is 0 Å². The molecule has 106 valence electrons. The zero-order valence-corrected chi connectivity index (χ0v) is 13.3. The first-order valence-corrected chi connectivity index (χ1v) is 7.05. The Morgan fingerprint density at radius 2 is 1.58 bits per heavy atom. The maximum Gasteiger partial charge on any atom is 0.122 e. The van der Waals surface area contributed by atoms with Crippen molar-refractivity contribution >= 4 is 0 Å². The van der Waals surface area contributed by atoms with Crippen LogP contribution < -0.4 is 10.5 Å². The molecule has 1 aliphatic rings. The van der Waals surface area contributed by atoms with Gasteiger partial charge < -0.3 is 10.5 Å². The van der Waals surface area contributed by atoms with E-state index in [1.54, 1.807) is 7.11 Å². The highest BCUT2D eigenvalue weighted by Gasteiger charge is 2.66. The average Bonchev–Trinajstić information content (AvgIpc) is 2.71. The van der Waals surface area contributed by atoms with E-state index in [1.165, 1.54) is 11.1 Å². The second-order valence-electron chi connectivity index (χ2n) is 7.13. The zero-order chi connectivity index (χ0) is 14.6. The summed E-state index contributed by atoms with van der Waals surface area (Å²) in [6, 6.07) is 4.41. The summed E-state index contributed by atoms with van der Waals surface area (Å²) in [5.74, 6) is 1.48. The number of hydrogen-bond acceptors (Lipinski definition) is 2. The van der Waals surface area contributed by atoms with Crippen molar-refractivity contribution < 1.29 is 4.74 Å². The Morgan fingerprint density at radius 1 is 1.05 bits per heavy atom. The smallest absolute Gasteiger partial charge is 0.122 e. The maximum atomic E-state index is 6.57. The molecule has 1 atom stereocenters. The van der Waals surface area contributed by atoms with Crippen molar-refractivity contribution in [3.8, 4) is 5.75 Å². The van der Waals surface area contributed by atoms with Crippen LogP contribution in [0.1, 0.15) is 50.4 Å². The lowest BCUT2D eigenvalue weighted by Crippen LogP contribution is -2.18. The van der Waals surface area contributed by atoms with E-state index in [-0.39, 0.29) is 6.04 Å². The molecule has 0 amide bonds. The summed E-state index contributed by atoms with van der Waals surface area (Å²) in [4.78, 5) is 0. The van der Waals surface area contributed by atoms with Crippen LogP contribution in [-0.2, 0) is 0 Å². The minimum atomic E-state index is 0.106. The first kappa shape index (κ1) is 14.4. The molecule has 0 radical (unpaired) electrons. The Bertz CT molecular complexity index is 488. The topological polar surface area (TPSA) is 35.2 Å². The lowest BCUT2D eigenvalue weighted by Gasteiger charge is -2.19. The third kappa shape index (κ3) is 1.97. The van der Waals surface area contributed by atoms with Crippen LogP contribution in [0.5, 0.6) is 5.75 Å². The van der Waals surface area contributed by atoms with Gasteiger partial charge >= 0.3 is 0 Å². The molecule has 0 aromatic heterocycles. The second-order valence-corrected chi connectivity index (χ2v) is 7.13. The third-order valence-corrected chi connectivity index (χ3v) is 5.63. The normalized spacial score (nSPS) is 22.1. The number of aryl methyl sites for hydroxylation is 2. The van der Waals surface area contributed by atoms with E-state index in [0.717, 1.165) is 11.3 Å². The lowest BCUT2D eigenvalue weighted by molar-refractivity contribution is 0.410. The van der Waals surface area contributed by atoms with E-state index in [4.69, 9.17) is 10.5 Å². The molecule has 2 N–H and O–H groups in total. The number of rotatable bonds is 3. The van der Waals surface area contributed by atoms with Crippen molar-refractivity contribution in [2.75, 3.05) is 7.11 Å². The van der Waals surface area contributed by atoms with E-state index >= 15 is 0 Å². The highest BCUT2D eigenvalue weighted by atomic mass is 16.5. The van der Waals surface area contributed by atoms with E-state index in [1.807, 2.05) is 0 Å². The molecule has 0 bridgehead atoms. The Kier molecular flexibility index (Phi) is 3.21. The summed E-state index contributed by atoms with van der Waals surface area (Å²) in [6.45, 7) is 13.5. The molecule has 1 aromatic rings. The van der Waals surface area contributed by atoms with Gasteiger partial charge in [0.1, 0.15) is 5.75 Å². The molecule has 1 unspecified atom stereocenters. The summed E-state index contributed by atoms with van der Waals surface area (Å²) in [5.41, 5.74) is 10.9. The fourth-order valence-corrected chi connectivity index (χ4v) is 3.72. The fourth-order valence-electron chi connectivity index (χ4n) is 3.72. The Hall–Kier alpha value is -1.02. The molecule has 0 spiro atoms. The Morgan fingerprint density at radius 3 is 2.00 bits per heavy atom. The quantitative estimate of drug-likeness (QED) is 0.892. The van der Waals surface area contributed by atoms with Crippen LogP contribution in [0.2, 0.25) is 0 Å². The van der Waals surface area contributed by atoms with Gasteiger partial charge in [-0.25, -0.2) is 0 Å². The predicted molar refractivity (Wildman–Crippen MR) is 80.4 cm³/mol. The standard InChI is InChI=1S/C17H27NO/c1-10-9-13(19-7)11(2)8-12(10)14(18)15-16(3,4)17(15,5)6/h8-9,14-15H,18H2,1-7H3. The van der Waals surface area contributed by atoms with Gasteiger partial charge in [0.25, 0.3) is 0 Å². The van der Waals surface area contributed by atoms with Gasteiger partial charge in [0.05, 0.1) is 7.11 Å². The van der Waals surface area contributed by atoms with Crippen molar-refractivity contribution in [3.63, 3.8) is 0 Å². The largest absolute Gasteiger partial charge is 0.496 e. The predicted octanol–water partition coefficient (Wildman–Crippen LogP) is 3.99. The van der Waals surface area contributed by atoms with Gasteiger partial charge in [-0.3, -0.25) is 0 Å². The van der Waals surface area contributed by atoms with Crippen molar-refractivity contribution in [2.45, 2.75) is 47.6 Å². The lowest BCUT2D eigenvalue weighted by atomic mass is 9.92. The number of hydrogen-bond donors (Lipinski definition) is 1. The highest BCUT2D eigenvalue weighted by molar-refractivity contribution is 5.44. The Balaban J connectivity index is 2.36. The maximum absolute atomic E-state index is 6.57. The SMILES string of the molecule is COc1cc(C)c(C(N)C2C(C)(C)C2(C)C)cc1C. The molecule has 1 aliphatic carbocycles. The second kappa shape index (κ2) is 4.24. The summed E-state index contributed by atoms with van der Waals surface area (Å²) >= 11 is 0. The number of methoxy groups -OCH3 is 1. The molecule has 2 rings (SSSR count). The Labute approximate surface area is 117 Å². The van der Waals surface area contributed by atoms with Crippen LogP contribution in [0.15, 0.2) is 12.1 Å². The van der Waals surface area contributed by atoms with Gasteiger partial charge in [-0.15, -0.1) is 0 Å². The first-order valence-electron chi connectivity index (χ1n) is 7.05. The fraction of sp³-hybridized carbons (Fsp3) is 0.647. The van der Waals surface area contributed by atoms with E-state index in [2.05, 4.69) is 53.7 Å². The molecule has 0 heterocycles. The van der Waals surface area contributed by atoms with Crippen LogP contribution in [0, 0.1) is 30.6 Å². The van der Waals surface area contributed by atoms with Gasteiger partial charge in [-0.05, 0) is 53.4 Å². The molecule has 1 saturated carbocycles. The number of nitrogens with two attached hydrogens (primary N) is 1. The first-order chi connectivity index (χ1) is 8.64. The molecule has 2 nitrogen and oxygen atoms in total. The van der Waals surface area contributed by atoms with Crippen LogP contribution in [0.3, 0.4) is 0 Å². The van der Waals surface area contributed by atoms with Crippen LogP contribution in [0.25, 0.3) is 0 Å².